The standard InChI is InChI=1S/C50H32N2O2/c1-4-17-35(18-5-1)51(36-19-6-2-7-20-36)44-31-34-16-11-13-24-40(34)50-48(44)41-25-14-26-43(49(41)54-50)52(37-21-8-3-9-22-37)38-28-30-45-42(32-38)47-39-23-12-10-15-33(39)27-29-46(47)53-45/h1-32H. The van der Waals surface area contributed by atoms with E-state index in [9.17, 15) is 0 Å². The molecule has 0 aliphatic carbocycles. The van der Waals surface area contributed by atoms with Crippen LogP contribution < -0.4 is 9.80 Å². The van der Waals surface area contributed by atoms with E-state index in [0.29, 0.717) is 0 Å². The smallest absolute Gasteiger partial charge is 0.159 e. The van der Waals surface area contributed by atoms with Crippen molar-refractivity contribution in [1.82, 2.24) is 0 Å². The summed E-state index contributed by atoms with van der Waals surface area (Å²) in [5.74, 6) is 0. The molecular weight excluding hydrogens is 661 g/mol. The molecule has 11 aromatic rings. The molecule has 0 unspecified atom stereocenters. The average molecular weight is 693 g/mol. The van der Waals surface area contributed by atoms with Crippen molar-refractivity contribution in [1.29, 1.82) is 0 Å². The molecule has 0 atom stereocenters. The number of hydrogen-bond acceptors (Lipinski definition) is 4. The minimum absolute atomic E-state index is 0.817. The molecule has 0 bridgehead atoms. The molecule has 0 N–H and O–H groups in total. The monoisotopic (exact) mass is 692 g/mol. The predicted octanol–water partition coefficient (Wildman–Crippen LogP) is 14.7. The zero-order valence-corrected chi connectivity index (χ0v) is 29.2. The summed E-state index contributed by atoms with van der Waals surface area (Å²) in [6, 6.07) is 68.3. The second kappa shape index (κ2) is 12.1. The van der Waals surface area contributed by atoms with Gasteiger partial charge in [-0.05, 0) is 89.0 Å². The Labute approximate surface area is 311 Å². The summed E-state index contributed by atoms with van der Waals surface area (Å²) in [5.41, 5.74) is 9.62. The Kier molecular flexibility index (Phi) is 6.82. The largest absolute Gasteiger partial charge is 0.456 e. The van der Waals surface area contributed by atoms with Gasteiger partial charge in [-0.15, -0.1) is 0 Å². The fourth-order valence-electron chi connectivity index (χ4n) is 8.21. The fraction of sp³-hybridized carbons (Fsp3) is 0. The first-order valence-electron chi connectivity index (χ1n) is 18.3. The van der Waals surface area contributed by atoms with Gasteiger partial charge in [-0.2, -0.15) is 0 Å². The van der Waals surface area contributed by atoms with Gasteiger partial charge in [-0.25, -0.2) is 0 Å². The van der Waals surface area contributed by atoms with Crippen molar-refractivity contribution in [3.05, 3.63) is 194 Å². The number of para-hydroxylation sites is 4. The predicted molar refractivity (Wildman–Crippen MR) is 225 cm³/mol. The van der Waals surface area contributed by atoms with Gasteiger partial charge in [-0.3, -0.25) is 0 Å². The van der Waals surface area contributed by atoms with Crippen molar-refractivity contribution >= 4 is 99.5 Å². The van der Waals surface area contributed by atoms with E-state index in [1.165, 1.54) is 10.8 Å². The lowest BCUT2D eigenvalue weighted by Crippen LogP contribution is -2.10. The molecule has 2 aromatic heterocycles. The molecule has 54 heavy (non-hydrogen) atoms. The molecule has 0 aliphatic rings. The quantitative estimate of drug-likeness (QED) is 0.174. The van der Waals surface area contributed by atoms with E-state index < -0.39 is 0 Å². The third kappa shape index (κ3) is 4.70. The second-order valence-corrected chi connectivity index (χ2v) is 13.7. The number of hydrogen-bond donors (Lipinski definition) is 0. The van der Waals surface area contributed by atoms with Gasteiger partial charge in [-0.1, -0.05) is 121 Å². The zero-order chi connectivity index (χ0) is 35.6. The first-order chi connectivity index (χ1) is 26.8. The van der Waals surface area contributed by atoms with Gasteiger partial charge in [0.2, 0.25) is 0 Å². The van der Waals surface area contributed by atoms with E-state index in [2.05, 4.69) is 204 Å². The molecule has 0 fully saturated rings. The lowest BCUT2D eigenvalue weighted by Gasteiger charge is -2.27. The van der Waals surface area contributed by atoms with Gasteiger partial charge in [0, 0.05) is 44.3 Å². The van der Waals surface area contributed by atoms with Crippen LogP contribution in [0.1, 0.15) is 0 Å². The van der Waals surface area contributed by atoms with Gasteiger partial charge in [0.05, 0.1) is 16.8 Å². The van der Waals surface area contributed by atoms with Crippen LogP contribution >= 0.6 is 0 Å². The Morgan fingerprint density at radius 2 is 0.870 bits per heavy atom. The van der Waals surface area contributed by atoms with Crippen LogP contribution in [0, 0.1) is 0 Å². The Bertz CT molecular complexity index is 3130. The Balaban J connectivity index is 1.21. The highest BCUT2D eigenvalue weighted by atomic mass is 16.3. The summed E-state index contributed by atoms with van der Waals surface area (Å²) in [5, 5.41) is 8.86. The number of benzene rings is 9. The van der Waals surface area contributed by atoms with Crippen molar-refractivity contribution < 1.29 is 8.83 Å². The molecule has 2 heterocycles. The van der Waals surface area contributed by atoms with E-state index in [-0.39, 0.29) is 0 Å². The van der Waals surface area contributed by atoms with Crippen LogP contribution in [0.3, 0.4) is 0 Å². The molecule has 0 saturated heterocycles. The topological polar surface area (TPSA) is 32.8 Å². The maximum Gasteiger partial charge on any atom is 0.159 e. The molecule has 9 aromatic carbocycles. The number of rotatable bonds is 6. The average Bonchev–Trinajstić information content (AvgIpc) is 3.82. The van der Waals surface area contributed by atoms with Gasteiger partial charge in [0.15, 0.2) is 5.58 Å². The van der Waals surface area contributed by atoms with Crippen molar-refractivity contribution in [2.75, 3.05) is 9.80 Å². The summed E-state index contributed by atoms with van der Waals surface area (Å²) >= 11 is 0. The lowest BCUT2D eigenvalue weighted by molar-refractivity contribution is 0.669. The van der Waals surface area contributed by atoms with Crippen LogP contribution in [0.25, 0.3) is 65.4 Å². The molecule has 254 valence electrons. The SMILES string of the molecule is c1ccc(N(c2ccc3oc4ccc5ccccc5c4c3c2)c2cccc3c2oc2c4ccccc4cc(N(c4ccccc4)c4ccccc4)c32)cc1. The summed E-state index contributed by atoms with van der Waals surface area (Å²) in [7, 11) is 0. The van der Waals surface area contributed by atoms with Crippen molar-refractivity contribution in [3.63, 3.8) is 0 Å². The van der Waals surface area contributed by atoms with Gasteiger partial charge in [0.1, 0.15) is 16.7 Å². The molecule has 0 aliphatic heterocycles. The van der Waals surface area contributed by atoms with Crippen LogP contribution in [0.15, 0.2) is 203 Å². The first-order valence-corrected chi connectivity index (χ1v) is 18.3. The van der Waals surface area contributed by atoms with Crippen LogP contribution in [-0.2, 0) is 0 Å². The lowest BCUT2D eigenvalue weighted by atomic mass is 10.0. The summed E-state index contributed by atoms with van der Waals surface area (Å²) in [6.45, 7) is 0. The minimum Gasteiger partial charge on any atom is -0.456 e. The molecule has 0 radical (unpaired) electrons. The molecule has 4 heteroatoms. The van der Waals surface area contributed by atoms with Crippen LogP contribution in [0.2, 0.25) is 0 Å². The summed E-state index contributed by atoms with van der Waals surface area (Å²) in [6.07, 6.45) is 0. The first kappa shape index (κ1) is 30.3. The highest BCUT2D eigenvalue weighted by molar-refractivity contribution is 6.24. The maximum absolute atomic E-state index is 7.20. The molecule has 0 saturated carbocycles. The van der Waals surface area contributed by atoms with E-state index in [4.69, 9.17) is 8.83 Å². The number of nitrogens with zero attached hydrogens (tertiary/aromatic N) is 2. The van der Waals surface area contributed by atoms with Gasteiger partial charge < -0.3 is 18.6 Å². The maximum atomic E-state index is 7.20. The van der Waals surface area contributed by atoms with Crippen molar-refractivity contribution in [3.8, 4) is 0 Å². The highest BCUT2D eigenvalue weighted by Crippen LogP contribution is 2.49. The molecule has 11 rings (SSSR count). The second-order valence-electron chi connectivity index (χ2n) is 13.7. The van der Waals surface area contributed by atoms with Crippen LogP contribution in [0.5, 0.6) is 0 Å². The Morgan fingerprint density at radius 3 is 1.57 bits per heavy atom. The Morgan fingerprint density at radius 1 is 0.296 bits per heavy atom. The number of anilines is 6. The van der Waals surface area contributed by atoms with Crippen molar-refractivity contribution in [2.45, 2.75) is 0 Å². The summed E-state index contributed by atoms with van der Waals surface area (Å²) < 4.78 is 13.6. The van der Waals surface area contributed by atoms with E-state index in [0.717, 1.165) is 88.8 Å². The summed E-state index contributed by atoms with van der Waals surface area (Å²) in [4.78, 5) is 4.65. The molecule has 4 nitrogen and oxygen atoms in total. The molecule has 0 spiro atoms. The molecule has 0 amide bonds. The highest BCUT2D eigenvalue weighted by Gasteiger charge is 2.25. The third-order valence-corrected chi connectivity index (χ3v) is 10.6. The third-order valence-electron chi connectivity index (χ3n) is 10.6. The fourth-order valence-corrected chi connectivity index (χ4v) is 8.21. The van der Waals surface area contributed by atoms with E-state index in [1.807, 2.05) is 0 Å². The van der Waals surface area contributed by atoms with Crippen LogP contribution in [-0.4, -0.2) is 0 Å². The van der Waals surface area contributed by atoms with E-state index in [1.54, 1.807) is 0 Å². The molecular formula is C50H32N2O2. The van der Waals surface area contributed by atoms with Gasteiger partial charge in [0.25, 0.3) is 0 Å². The number of furan rings is 2. The normalized spacial score (nSPS) is 11.7. The minimum atomic E-state index is 0.817. The van der Waals surface area contributed by atoms with Gasteiger partial charge >= 0.3 is 0 Å². The Hall–Kier alpha value is -7.30. The zero-order valence-electron chi connectivity index (χ0n) is 29.2. The van der Waals surface area contributed by atoms with Crippen molar-refractivity contribution in [2.24, 2.45) is 0 Å². The van der Waals surface area contributed by atoms with Crippen LogP contribution in [0.4, 0.5) is 34.1 Å². The van der Waals surface area contributed by atoms with E-state index >= 15 is 0 Å². The number of fused-ring (bicyclic) bond motifs is 10.